The third-order valence-corrected chi connectivity index (χ3v) is 6.16. The normalized spacial score (nSPS) is 12.9. The van der Waals surface area contributed by atoms with Gasteiger partial charge in [0.1, 0.15) is 5.82 Å². The highest BCUT2D eigenvalue weighted by Gasteiger charge is 2.32. The monoisotopic (exact) mass is 452 g/mol. The zero-order valence-corrected chi connectivity index (χ0v) is 18.8. The van der Waals surface area contributed by atoms with Gasteiger partial charge in [0.2, 0.25) is 5.91 Å². The van der Waals surface area contributed by atoms with E-state index in [1.54, 1.807) is 18.3 Å². The number of carbonyl (C=O) groups excluding carboxylic acids is 3. The number of amides is 3. The summed E-state index contributed by atoms with van der Waals surface area (Å²) in [6.07, 6.45) is 4.30. The highest BCUT2D eigenvalue weighted by Crippen LogP contribution is 2.30. The van der Waals surface area contributed by atoms with Gasteiger partial charge in [0.15, 0.2) is 0 Å². The highest BCUT2D eigenvalue weighted by atomic mass is 16.2. The van der Waals surface area contributed by atoms with Crippen LogP contribution < -0.4 is 5.32 Å². The van der Waals surface area contributed by atoms with Gasteiger partial charge < -0.3 is 9.88 Å². The molecule has 0 saturated heterocycles. The minimum absolute atomic E-state index is 0.155. The summed E-state index contributed by atoms with van der Waals surface area (Å²) in [7, 11) is 0. The molecule has 7 nitrogen and oxygen atoms in total. The number of nitrogens with zero attached hydrogens (tertiary/aromatic N) is 3. The van der Waals surface area contributed by atoms with E-state index < -0.39 is 0 Å². The molecule has 1 N–H and O–H groups in total. The smallest absolute Gasteiger partial charge is 0.261 e. The van der Waals surface area contributed by atoms with E-state index in [1.165, 1.54) is 4.90 Å². The third-order valence-electron chi connectivity index (χ3n) is 6.16. The Hall–Kier alpha value is -4.26. The number of carbonyl (C=O) groups is 3. The SMILES string of the molecule is Cc1nccn1Cc1ccc(NC(=O)CCCN2C(=O)c3cccc4cccc(c34)C2=O)cc1. The van der Waals surface area contributed by atoms with Crippen molar-refractivity contribution in [2.75, 3.05) is 11.9 Å². The largest absolute Gasteiger partial charge is 0.331 e. The maximum absolute atomic E-state index is 12.9. The molecular weight excluding hydrogens is 428 g/mol. The summed E-state index contributed by atoms with van der Waals surface area (Å²) in [5.74, 6) is 0.178. The molecule has 0 aliphatic carbocycles. The van der Waals surface area contributed by atoms with Crippen LogP contribution in [0, 0.1) is 6.92 Å². The third kappa shape index (κ3) is 4.08. The number of anilines is 1. The van der Waals surface area contributed by atoms with Crippen LogP contribution in [0.3, 0.4) is 0 Å². The summed E-state index contributed by atoms with van der Waals surface area (Å²) < 4.78 is 2.05. The zero-order chi connectivity index (χ0) is 23.7. The number of aryl methyl sites for hydroxylation is 1. The number of nitrogens with one attached hydrogen (secondary N) is 1. The van der Waals surface area contributed by atoms with Crippen LogP contribution in [0.5, 0.6) is 0 Å². The average molecular weight is 453 g/mol. The van der Waals surface area contributed by atoms with E-state index in [9.17, 15) is 14.4 Å². The molecule has 0 fully saturated rings. The number of benzene rings is 3. The predicted molar refractivity (Wildman–Crippen MR) is 130 cm³/mol. The van der Waals surface area contributed by atoms with Crippen molar-refractivity contribution in [2.45, 2.75) is 26.3 Å². The Morgan fingerprint density at radius 1 is 0.941 bits per heavy atom. The molecular formula is C27H24N4O3. The molecule has 5 rings (SSSR count). The van der Waals surface area contributed by atoms with Gasteiger partial charge in [0, 0.05) is 54.1 Å². The lowest BCUT2D eigenvalue weighted by Crippen LogP contribution is -2.41. The molecule has 1 aromatic heterocycles. The first kappa shape index (κ1) is 21.6. The fraction of sp³-hybridized carbons (Fsp3) is 0.185. The van der Waals surface area contributed by atoms with Crippen LogP contribution >= 0.6 is 0 Å². The van der Waals surface area contributed by atoms with Gasteiger partial charge in [-0.05, 0) is 48.6 Å². The van der Waals surface area contributed by atoms with Crippen molar-refractivity contribution in [3.8, 4) is 0 Å². The molecule has 34 heavy (non-hydrogen) atoms. The molecule has 3 aromatic carbocycles. The molecule has 170 valence electrons. The molecule has 0 radical (unpaired) electrons. The van der Waals surface area contributed by atoms with Crippen LogP contribution in [0.4, 0.5) is 5.69 Å². The van der Waals surface area contributed by atoms with Gasteiger partial charge in [0.25, 0.3) is 11.8 Å². The van der Waals surface area contributed by atoms with Gasteiger partial charge >= 0.3 is 0 Å². The van der Waals surface area contributed by atoms with Crippen LogP contribution in [0.15, 0.2) is 73.1 Å². The Labute approximate surface area is 197 Å². The number of hydrogen-bond donors (Lipinski definition) is 1. The van der Waals surface area contributed by atoms with Gasteiger partial charge in [-0.1, -0.05) is 36.4 Å². The van der Waals surface area contributed by atoms with Crippen LogP contribution in [-0.4, -0.2) is 38.7 Å². The Bertz CT molecular complexity index is 1350. The summed E-state index contributed by atoms with van der Waals surface area (Å²) in [6.45, 7) is 2.87. The Kier molecular flexibility index (Phi) is 5.67. The van der Waals surface area contributed by atoms with Crippen molar-refractivity contribution in [1.29, 1.82) is 0 Å². The van der Waals surface area contributed by atoms with E-state index in [0.29, 0.717) is 28.6 Å². The van der Waals surface area contributed by atoms with Crippen LogP contribution in [0.2, 0.25) is 0 Å². The Balaban J connectivity index is 1.17. The fourth-order valence-corrected chi connectivity index (χ4v) is 4.37. The maximum Gasteiger partial charge on any atom is 0.261 e. The molecule has 4 aromatic rings. The van der Waals surface area contributed by atoms with E-state index in [4.69, 9.17) is 0 Å². The first-order valence-electron chi connectivity index (χ1n) is 11.3. The van der Waals surface area contributed by atoms with Crippen molar-refractivity contribution < 1.29 is 14.4 Å². The molecule has 1 aliphatic heterocycles. The molecule has 0 unspecified atom stereocenters. The number of imide groups is 1. The molecule has 7 heteroatoms. The van der Waals surface area contributed by atoms with Crippen LogP contribution in [0.1, 0.15) is 44.9 Å². The lowest BCUT2D eigenvalue weighted by molar-refractivity contribution is -0.116. The number of imidazole rings is 1. The molecule has 0 atom stereocenters. The number of hydrogen-bond acceptors (Lipinski definition) is 4. The van der Waals surface area contributed by atoms with E-state index in [-0.39, 0.29) is 30.7 Å². The first-order chi connectivity index (χ1) is 16.5. The van der Waals surface area contributed by atoms with Crippen molar-refractivity contribution in [1.82, 2.24) is 14.5 Å². The lowest BCUT2D eigenvalue weighted by atomic mass is 9.94. The van der Waals surface area contributed by atoms with Crippen molar-refractivity contribution in [2.24, 2.45) is 0 Å². The highest BCUT2D eigenvalue weighted by molar-refractivity contribution is 6.25. The second kappa shape index (κ2) is 8.94. The number of rotatable bonds is 7. The van der Waals surface area contributed by atoms with Gasteiger partial charge in [-0.3, -0.25) is 19.3 Å². The molecule has 0 saturated carbocycles. The van der Waals surface area contributed by atoms with Crippen molar-refractivity contribution in [3.05, 3.63) is 95.6 Å². The van der Waals surface area contributed by atoms with Gasteiger partial charge in [-0.15, -0.1) is 0 Å². The van der Waals surface area contributed by atoms with Gasteiger partial charge in [-0.25, -0.2) is 4.98 Å². The molecule has 3 amide bonds. The van der Waals surface area contributed by atoms with Crippen molar-refractivity contribution in [3.63, 3.8) is 0 Å². The van der Waals surface area contributed by atoms with Gasteiger partial charge in [0.05, 0.1) is 0 Å². The van der Waals surface area contributed by atoms with E-state index in [1.807, 2.05) is 61.7 Å². The van der Waals surface area contributed by atoms with E-state index in [0.717, 1.165) is 23.3 Å². The number of aromatic nitrogens is 2. The van der Waals surface area contributed by atoms with Crippen LogP contribution in [-0.2, 0) is 11.3 Å². The Morgan fingerprint density at radius 3 is 2.24 bits per heavy atom. The minimum Gasteiger partial charge on any atom is -0.331 e. The van der Waals surface area contributed by atoms with E-state index in [2.05, 4.69) is 14.9 Å². The Morgan fingerprint density at radius 2 is 1.62 bits per heavy atom. The van der Waals surface area contributed by atoms with Crippen molar-refractivity contribution >= 4 is 34.2 Å². The van der Waals surface area contributed by atoms with E-state index >= 15 is 0 Å². The maximum atomic E-state index is 12.9. The molecule has 2 heterocycles. The molecule has 0 spiro atoms. The minimum atomic E-state index is -0.307. The molecule has 1 aliphatic rings. The summed E-state index contributed by atoms with van der Waals surface area (Å²) >= 11 is 0. The summed E-state index contributed by atoms with van der Waals surface area (Å²) in [5, 5.41) is 4.47. The predicted octanol–water partition coefficient (Wildman–Crippen LogP) is 4.41. The average Bonchev–Trinajstić information content (AvgIpc) is 3.25. The van der Waals surface area contributed by atoms with Crippen LogP contribution in [0.25, 0.3) is 10.8 Å². The quantitative estimate of drug-likeness (QED) is 0.421. The summed E-state index contributed by atoms with van der Waals surface area (Å²) in [5.41, 5.74) is 2.88. The second-order valence-corrected chi connectivity index (χ2v) is 8.42. The topological polar surface area (TPSA) is 84.3 Å². The molecule has 0 bridgehead atoms. The van der Waals surface area contributed by atoms with Gasteiger partial charge in [-0.2, -0.15) is 0 Å². The zero-order valence-electron chi connectivity index (χ0n) is 18.8. The first-order valence-corrected chi connectivity index (χ1v) is 11.3. The standard InChI is InChI=1S/C27H24N4O3/c1-18-28-14-16-30(18)17-19-10-12-21(13-11-19)29-24(32)9-4-15-31-26(33)22-7-2-5-20-6-3-8-23(25(20)22)27(31)34/h2-3,5-8,10-14,16H,4,9,15,17H2,1H3,(H,29,32). The summed E-state index contributed by atoms with van der Waals surface area (Å²) in [4.78, 5) is 43.8. The second-order valence-electron chi connectivity index (χ2n) is 8.42. The fourth-order valence-electron chi connectivity index (χ4n) is 4.37. The summed E-state index contributed by atoms with van der Waals surface area (Å²) in [6, 6.07) is 18.6. The lowest BCUT2D eigenvalue weighted by Gasteiger charge is -2.27.